The summed E-state index contributed by atoms with van der Waals surface area (Å²) in [6.45, 7) is 6.55. The molecule has 0 heterocycles. The van der Waals surface area contributed by atoms with Gasteiger partial charge in [-0.3, -0.25) is 14.4 Å². The lowest BCUT2D eigenvalue weighted by atomic mass is 9.90. The number of halogens is 2. The van der Waals surface area contributed by atoms with Crippen LogP contribution in [0, 0.1) is 20.8 Å². The maximum absolute atomic E-state index is 12.0. The third-order valence-electron chi connectivity index (χ3n) is 3.52. The smallest absolute Gasteiger partial charge is 0.253 e. The highest BCUT2D eigenvalue weighted by molar-refractivity contribution is 6.68. The molecule has 0 aromatic heterocycles. The molecule has 1 N–H and O–H groups in total. The Kier molecular flexibility index (Phi) is 7.19. The number of Topliss-reactive ketones (excluding diaryl/α,β-unsaturated/α-hetero) is 1. The van der Waals surface area contributed by atoms with Gasteiger partial charge in [-0.2, -0.15) is 0 Å². The van der Waals surface area contributed by atoms with Gasteiger partial charge in [-0.05, 0) is 56.0 Å². The monoisotopic (exact) mass is 359 g/mol. The normalized spacial score (nSPS) is 10.5. The standard InChI is InChI=1S/C16H19Cl2NO4/c1-8-13(11(4)20)9(2)15(10(3)14(8)16(18)22)19-12(21)7-23-6-5-17/h5-7H2,1-4H3,(H,19,21). The summed E-state index contributed by atoms with van der Waals surface area (Å²) in [5.41, 5.74) is 2.67. The summed E-state index contributed by atoms with van der Waals surface area (Å²) in [4.78, 5) is 35.6. The van der Waals surface area contributed by atoms with E-state index >= 15 is 0 Å². The van der Waals surface area contributed by atoms with Crippen molar-refractivity contribution in [3.05, 3.63) is 27.8 Å². The summed E-state index contributed by atoms with van der Waals surface area (Å²) < 4.78 is 5.07. The molecule has 0 aliphatic carbocycles. The van der Waals surface area contributed by atoms with Crippen LogP contribution >= 0.6 is 23.2 Å². The predicted molar refractivity (Wildman–Crippen MR) is 91.0 cm³/mol. The average Bonchev–Trinajstić information content (AvgIpc) is 2.43. The minimum atomic E-state index is -0.670. The van der Waals surface area contributed by atoms with Gasteiger partial charge >= 0.3 is 0 Å². The molecule has 0 aliphatic rings. The molecular formula is C16H19Cl2NO4. The second kappa shape index (κ2) is 8.43. The van der Waals surface area contributed by atoms with E-state index < -0.39 is 11.1 Å². The number of benzene rings is 1. The van der Waals surface area contributed by atoms with Gasteiger partial charge < -0.3 is 10.1 Å². The molecule has 1 amide bonds. The van der Waals surface area contributed by atoms with Crippen molar-refractivity contribution in [2.45, 2.75) is 27.7 Å². The Morgan fingerprint density at radius 3 is 2.09 bits per heavy atom. The first-order valence-electron chi connectivity index (χ1n) is 7.00. The zero-order valence-electron chi connectivity index (χ0n) is 13.5. The summed E-state index contributed by atoms with van der Waals surface area (Å²) in [6.07, 6.45) is 0. The highest BCUT2D eigenvalue weighted by atomic mass is 35.5. The minimum absolute atomic E-state index is 0.168. The van der Waals surface area contributed by atoms with Crippen molar-refractivity contribution in [3.63, 3.8) is 0 Å². The van der Waals surface area contributed by atoms with Crippen molar-refractivity contribution in [1.82, 2.24) is 0 Å². The number of carbonyl (C=O) groups excluding carboxylic acids is 3. The van der Waals surface area contributed by atoms with E-state index in [-0.39, 0.29) is 30.4 Å². The van der Waals surface area contributed by atoms with Crippen LogP contribution in [0.3, 0.4) is 0 Å². The molecule has 0 aliphatic heterocycles. The van der Waals surface area contributed by atoms with Crippen molar-refractivity contribution in [1.29, 1.82) is 0 Å². The fourth-order valence-electron chi connectivity index (χ4n) is 2.62. The van der Waals surface area contributed by atoms with Gasteiger partial charge in [0, 0.05) is 22.7 Å². The quantitative estimate of drug-likeness (QED) is 0.350. The van der Waals surface area contributed by atoms with Crippen LogP contribution in [-0.4, -0.2) is 36.0 Å². The fourth-order valence-corrected chi connectivity index (χ4v) is 3.02. The van der Waals surface area contributed by atoms with Gasteiger partial charge in [-0.15, -0.1) is 11.6 Å². The van der Waals surface area contributed by atoms with Gasteiger partial charge in [0.25, 0.3) is 5.24 Å². The molecule has 126 valence electrons. The number of alkyl halides is 1. The summed E-state index contributed by atoms with van der Waals surface area (Å²) in [6, 6.07) is 0. The first-order chi connectivity index (χ1) is 10.7. The number of ether oxygens (including phenoxy) is 1. The van der Waals surface area contributed by atoms with Gasteiger partial charge in [-0.1, -0.05) is 0 Å². The Hall–Kier alpha value is -1.43. The third-order valence-corrected chi connectivity index (χ3v) is 3.86. The number of hydrogen-bond donors (Lipinski definition) is 1. The molecule has 1 aromatic carbocycles. The van der Waals surface area contributed by atoms with Crippen molar-refractivity contribution in [2.24, 2.45) is 0 Å². The molecule has 0 atom stereocenters. The molecule has 0 saturated heterocycles. The van der Waals surface area contributed by atoms with Crippen LogP contribution in [0.25, 0.3) is 0 Å². The molecule has 0 bridgehead atoms. The van der Waals surface area contributed by atoms with E-state index in [4.69, 9.17) is 27.9 Å². The molecule has 1 rings (SSSR count). The Labute approximate surface area is 145 Å². The van der Waals surface area contributed by atoms with Gasteiger partial charge in [-0.25, -0.2) is 0 Å². The topological polar surface area (TPSA) is 72.5 Å². The zero-order valence-corrected chi connectivity index (χ0v) is 15.0. The number of amides is 1. The Balaban J connectivity index is 3.34. The zero-order chi connectivity index (χ0) is 17.7. The number of rotatable bonds is 7. The van der Waals surface area contributed by atoms with E-state index in [0.29, 0.717) is 27.9 Å². The van der Waals surface area contributed by atoms with Gasteiger partial charge in [0.05, 0.1) is 6.61 Å². The van der Waals surface area contributed by atoms with Gasteiger partial charge in [0.15, 0.2) is 5.78 Å². The highest BCUT2D eigenvalue weighted by Gasteiger charge is 2.23. The Morgan fingerprint density at radius 2 is 1.61 bits per heavy atom. The van der Waals surface area contributed by atoms with E-state index in [1.807, 2.05) is 0 Å². The van der Waals surface area contributed by atoms with Crippen LogP contribution in [0.2, 0.25) is 0 Å². The molecule has 0 radical (unpaired) electrons. The van der Waals surface area contributed by atoms with Gasteiger partial charge in [0.1, 0.15) is 6.61 Å². The van der Waals surface area contributed by atoms with Crippen LogP contribution in [0.5, 0.6) is 0 Å². The number of ketones is 1. The lowest BCUT2D eigenvalue weighted by molar-refractivity contribution is -0.120. The summed E-state index contributed by atoms with van der Waals surface area (Å²) in [7, 11) is 0. The predicted octanol–water partition coefficient (Wildman–Crippen LogP) is 3.39. The highest BCUT2D eigenvalue weighted by Crippen LogP contribution is 2.32. The molecule has 5 nitrogen and oxygen atoms in total. The number of hydrogen-bond acceptors (Lipinski definition) is 4. The summed E-state index contributed by atoms with van der Waals surface area (Å²) in [5, 5.41) is 2.02. The second-order valence-electron chi connectivity index (χ2n) is 5.12. The molecule has 0 spiro atoms. The Morgan fingerprint density at radius 1 is 1.04 bits per heavy atom. The average molecular weight is 360 g/mol. The number of carbonyl (C=O) groups is 3. The van der Waals surface area contributed by atoms with Crippen molar-refractivity contribution < 1.29 is 19.1 Å². The lowest BCUT2D eigenvalue weighted by Crippen LogP contribution is -2.22. The van der Waals surface area contributed by atoms with Crippen molar-refractivity contribution in [3.8, 4) is 0 Å². The molecule has 0 saturated carbocycles. The largest absolute Gasteiger partial charge is 0.370 e. The van der Waals surface area contributed by atoms with Crippen molar-refractivity contribution >= 4 is 45.8 Å². The minimum Gasteiger partial charge on any atom is -0.370 e. The number of nitrogens with one attached hydrogen (secondary N) is 1. The lowest BCUT2D eigenvalue weighted by Gasteiger charge is -2.19. The molecule has 1 aromatic rings. The van der Waals surface area contributed by atoms with E-state index in [1.165, 1.54) is 6.92 Å². The number of anilines is 1. The Bertz CT molecular complexity index is 615. The molecule has 0 unspecified atom stereocenters. The van der Waals surface area contributed by atoms with E-state index in [0.717, 1.165) is 0 Å². The second-order valence-corrected chi connectivity index (χ2v) is 5.84. The molecule has 23 heavy (non-hydrogen) atoms. The van der Waals surface area contributed by atoms with E-state index in [1.54, 1.807) is 20.8 Å². The summed E-state index contributed by atoms with van der Waals surface area (Å²) in [5.74, 6) is -0.310. The van der Waals surface area contributed by atoms with Crippen molar-refractivity contribution in [2.75, 3.05) is 24.4 Å². The molecule has 0 fully saturated rings. The maximum Gasteiger partial charge on any atom is 0.253 e. The first kappa shape index (κ1) is 19.6. The molecule has 7 heteroatoms. The third kappa shape index (κ3) is 4.53. The fraction of sp³-hybridized carbons (Fsp3) is 0.438. The van der Waals surface area contributed by atoms with Crippen LogP contribution in [-0.2, 0) is 9.53 Å². The van der Waals surface area contributed by atoms with Crippen LogP contribution < -0.4 is 5.32 Å². The SMILES string of the molecule is CC(=O)c1c(C)c(NC(=O)COCCCl)c(C)c(C(=O)Cl)c1C. The molecular weight excluding hydrogens is 341 g/mol. The maximum atomic E-state index is 12.0. The first-order valence-corrected chi connectivity index (χ1v) is 7.91. The van der Waals surface area contributed by atoms with E-state index in [9.17, 15) is 14.4 Å². The van der Waals surface area contributed by atoms with Crippen LogP contribution in [0.15, 0.2) is 0 Å². The van der Waals surface area contributed by atoms with Crippen LogP contribution in [0.4, 0.5) is 5.69 Å². The summed E-state index contributed by atoms with van der Waals surface area (Å²) >= 11 is 11.1. The van der Waals surface area contributed by atoms with Crippen LogP contribution in [0.1, 0.15) is 44.3 Å². The van der Waals surface area contributed by atoms with E-state index in [2.05, 4.69) is 5.32 Å². The van der Waals surface area contributed by atoms with Gasteiger partial charge in [0.2, 0.25) is 5.91 Å².